The molecule has 5 heteroatoms. The van der Waals surface area contributed by atoms with E-state index in [0.717, 1.165) is 19.6 Å². The van der Waals surface area contributed by atoms with Gasteiger partial charge in [0.15, 0.2) is 0 Å². The van der Waals surface area contributed by atoms with Crippen LogP contribution in [0.4, 0.5) is 0 Å². The number of nitrogens with zero attached hydrogens (tertiary/aromatic N) is 1. The number of carbonyl (C=O) groups excluding carboxylic acids is 1. The summed E-state index contributed by atoms with van der Waals surface area (Å²) in [6.45, 7) is 8.44. The highest BCUT2D eigenvalue weighted by Gasteiger charge is 2.33. The molecule has 23 heavy (non-hydrogen) atoms. The van der Waals surface area contributed by atoms with Crippen LogP contribution in [0.1, 0.15) is 26.3 Å². The van der Waals surface area contributed by atoms with Crippen LogP contribution >= 0.6 is 0 Å². The molecule has 1 fully saturated rings. The Kier molecular flexibility index (Phi) is 6.16. The van der Waals surface area contributed by atoms with Crippen LogP contribution in [0.25, 0.3) is 0 Å². The number of likely N-dealkylation sites (tertiary alicyclic amines) is 1. The molecule has 0 saturated carbocycles. The Morgan fingerprint density at radius 2 is 1.96 bits per heavy atom. The van der Waals surface area contributed by atoms with Crippen LogP contribution in [0, 0.1) is 0 Å². The number of rotatable bonds is 6. The van der Waals surface area contributed by atoms with Gasteiger partial charge in [0.25, 0.3) is 0 Å². The van der Waals surface area contributed by atoms with Crippen LogP contribution in [0.3, 0.4) is 0 Å². The maximum Gasteiger partial charge on any atom is 0.320 e. The van der Waals surface area contributed by atoms with Crippen molar-refractivity contribution in [2.24, 2.45) is 0 Å². The van der Waals surface area contributed by atoms with Crippen LogP contribution < -0.4 is 5.32 Å². The van der Waals surface area contributed by atoms with E-state index in [0.29, 0.717) is 0 Å². The van der Waals surface area contributed by atoms with Gasteiger partial charge in [-0.25, -0.2) is 0 Å². The zero-order chi connectivity index (χ0) is 16.9. The van der Waals surface area contributed by atoms with E-state index in [1.165, 1.54) is 5.56 Å². The lowest BCUT2D eigenvalue weighted by Crippen LogP contribution is -2.44. The van der Waals surface area contributed by atoms with E-state index in [9.17, 15) is 4.79 Å². The van der Waals surface area contributed by atoms with E-state index >= 15 is 0 Å². The summed E-state index contributed by atoms with van der Waals surface area (Å²) in [5, 5.41) is 3.28. The molecular formula is C18H28N2O3. The molecule has 1 N–H and O–H groups in total. The van der Waals surface area contributed by atoms with Gasteiger partial charge >= 0.3 is 5.97 Å². The first kappa shape index (κ1) is 17.9. The second kappa shape index (κ2) is 7.90. The van der Waals surface area contributed by atoms with Crippen molar-refractivity contribution in [2.45, 2.75) is 45.1 Å². The normalized spacial score (nSPS) is 22.3. The molecule has 0 radical (unpaired) electrons. The molecular weight excluding hydrogens is 292 g/mol. The molecule has 0 bridgehead atoms. The van der Waals surface area contributed by atoms with Crippen LogP contribution in [0.2, 0.25) is 0 Å². The Morgan fingerprint density at radius 3 is 2.57 bits per heavy atom. The van der Waals surface area contributed by atoms with E-state index in [4.69, 9.17) is 9.47 Å². The molecule has 2 atom stereocenters. The summed E-state index contributed by atoms with van der Waals surface area (Å²) in [5.41, 5.74) is 0.837. The van der Waals surface area contributed by atoms with Crippen LogP contribution in [0.5, 0.6) is 0 Å². The average Bonchev–Trinajstić information content (AvgIpc) is 2.86. The fourth-order valence-electron chi connectivity index (χ4n) is 2.85. The first-order valence-corrected chi connectivity index (χ1v) is 8.11. The third-order valence-corrected chi connectivity index (χ3v) is 3.82. The third kappa shape index (κ3) is 5.94. The Morgan fingerprint density at radius 1 is 1.26 bits per heavy atom. The van der Waals surface area contributed by atoms with Crippen LogP contribution in [-0.2, 0) is 20.8 Å². The van der Waals surface area contributed by atoms with Crippen molar-refractivity contribution in [1.82, 2.24) is 10.2 Å². The lowest BCUT2D eigenvalue weighted by Gasteiger charge is -2.22. The van der Waals surface area contributed by atoms with Gasteiger partial charge < -0.3 is 14.8 Å². The van der Waals surface area contributed by atoms with E-state index in [1.807, 2.05) is 26.8 Å². The van der Waals surface area contributed by atoms with E-state index in [2.05, 4.69) is 34.5 Å². The van der Waals surface area contributed by atoms with Gasteiger partial charge in [-0.15, -0.1) is 0 Å². The summed E-state index contributed by atoms with van der Waals surface area (Å²) < 4.78 is 10.9. The molecule has 1 aliphatic rings. The maximum absolute atomic E-state index is 11.8. The summed E-state index contributed by atoms with van der Waals surface area (Å²) in [6, 6.07) is 10.5. The highest BCUT2D eigenvalue weighted by Crippen LogP contribution is 2.16. The third-order valence-electron chi connectivity index (χ3n) is 3.82. The zero-order valence-corrected chi connectivity index (χ0v) is 14.5. The standard InChI is InChI=1S/C18H28N2O3/c1-18(2,3)23-17(21)10-19-15-12-20(13-16(15)22-4)11-14-8-6-5-7-9-14/h5-9,15-16,19H,10-13H2,1-4H3/t15-,16-/m0/s1. The monoisotopic (exact) mass is 320 g/mol. The molecule has 5 nitrogen and oxygen atoms in total. The molecule has 1 aromatic rings. The molecule has 2 rings (SSSR count). The minimum atomic E-state index is -0.450. The fraction of sp³-hybridized carbons (Fsp3) is 0.611. The lowest BCUT2D eigenvalue weighted by molar-refractivity contribution is -0.153. The summed E-state index contributed by atoms with van der Waals surface area (Å²) in [7, 11) is 1.72. The Balaban J connectivity index is 1.83. The first-order chi connectivity index (χ1) is 10.9. The molecule has 0 aromatic heterocycles. The van der Waals surface area contributed by atoms with Gasteiger partial charge in [0.1, 0.15) is 5.60 Å². The molecule has 1 aromatic carbocycles. The molecule has 1 aliphatic heterocycles. The van der Waals surface area contributed by atoms with Gasteiger partial charge in [0.2, 0.25) is 0 Å². The van der Waals surface area contributed by atoms with Crippen molar-refractivity contribution >= 4 is 5.97 Å². The predicted octanol–water partition coefficient (Wildman–Crippen LogP) is 1.82. The average molecular weight is 320 g/mol. The summed E-state index contributed by atoms with van der Waals surface area (Å²) in [6.07, 6.45) is 0.0844. The second-order valence-corrected chi connectivity index (χ2v) is 7.03. The number of benzene rings is 1. The Bertz CT molecular complexity index is 499. The minimum Gasteiger partial charge on any atom is -0.459 e. The van der Waals surface area contributed by atoms with Crippen molar-refractivity contribution in [3.8, 4) is 0 Å². The summed E-state index contributed by atoms with van der Waals surface area (Å²) in [5.74, 6) is -0.228. The zero-order valence-electron chi connectivity index (χ0n) is 14.5. The molecule has 128 valence electrons. The van der Waals surface area contributed by atoms with Crippen molar-refractivity contribution in [3.63, 3.8) is 0 Å². The number of hydrogen-bond donors (Lipinski definition) is 1. The highest BCUT2D eigenvalue weighted by atomic mass is 16.6. The Hall–Kier alpha value is -1.43. The Labute approximate surface area is 139 Å². The van der Waals surface area contributed by atoms with Crippen molar-refractivity contribution in [3.05, 3.63) is 35.9 Å². The number of esters is 1. The van der Waals surface area contributed by atoms with Crippen LogP contribution in [0.15, 0.2) is 30.3 Å². The van der Waals surface area contributed by atoms with E-state index in [1.54, 1.807) is 7.11 Å². The van der Waals surface area contributed by atoms with Gasteiger partial charge in [0.05, 0.1) is 12.6 Å². The van der Waals surface area contributed by atoms with Gasteiger partial charge in [-0.05, 0) is 26.3 Å². The topological polar surface area (TPSA) is 50.8 Å². The smallest absolute Gasteiger partial charge is 0.320 e. The van der Waals surface area contributed by atoms with E-state index < -0.39 is 5.60 Å². The molecule has 0 aliphatic carbocycles. The first-order valence-electron chi connectivity index (χ1n) is 8.11. The second-order valence-electron chi connectivity index (χ2n) is 7.03. The SMILES string of the molecule is CO[C@H]1CN(Cc2ccccc2)C[C@@H]1NCC(=O)OC(C)(C)C. The van der Waals surface area contributed by atoms with E-state index in [-0.39, 0.29) is 24.7 Å². The number of hydrogen-bond acceptors (Lipinski definition) is 5. The highest BCUT2D eigenvalue weighted by molar-refractivity contribution is 5.72. The maximum atomic E-state index is 11.8. The van der Waals surface area contributed by atoms with Crippen molar-refractivity contribution in [1.29, 1.82) is 0 Å². The molecule has 0 unspecified atom stereocenters. The largest absolute Gasteiger partial charge is 0.459 e. The van der Waals surface area contributed by atoms with Crippen molar-refractivity contribution < 1.29 is 14.3 Å². The molecule has 1 heterocycles. The lowest BCUT2D eigenvalue weighted by atomic mass is 10.2. The number of carbonyl (C=O) groups is 1. The van der Waals surface area contributed by atoms with Gasteiger partial charge in [-0.2, -0.15) is 0 Å². The minimum absolute atomic E-state index is 0.0844. The number of ether oxygens (including phenoxy) is 2. The van der Waals surface area contributed by atoms with Crippen molar-refractivity contribution in [2.75, 3.05) is 26.7 Å². The molecule has 0 spiro atoms. The predicted molar refractivity (Wildman–Crippen MR) is 90.2 cm³/mol. The number of methoxy groups -OCH3 is 1. The summed E-state index contributed by atoms with van der Waals surface area (Å²) >= 11 is 0. The molecule has 0 amide bonds. The molecule has 1 saturated heterocycles. The van der Waals surface area contributed by atoms with Crippen LogP contribution in [-0.4, -0.2) is 55.4 Å². The quantitative estimate of drug-likeness (QED) is 0.810. The number of nitrogens with one attached hydrogen (secondary N) is 1. The summed E-state index contributed by atoms with van der Waals surface area (Å²) in [4.78, 5) is 14.2. The van der Waals surface area contributed by atoms with Gasteiger partial charge in [0, 0.05) is 32.8 Å². The van der Waals surface area contributed by atoms with Gasteiger partial charge in [-0.3, -0.25) is 9.69 Å². The fourth-order valence-corrected chi connectivity index (χ4v) is 2.85. The van der Waals surface area contributed by atoms with Gasteiger partial charge in [-0.1, -0.05) is 30.3 Å².